The monoisotopic (exact) mass is 228 g/mol. The van der Waals surface area contributed by atoms with Gasteiger partial charge in [0, 0.05) is 0 Å². The minimum absolute atomic E-state index is 0.298. The summed E-state index contributed by atoms with van der Waals surface area (Å²) in [6.07, 6.45) is 0. The summed E-state index contributed by atoms with van der Waals surface area (Å²) in [6, 6.07) is -0.649. The van der Waals surface area contributed by atoms with Crippen LogP contribution in [0.4, 0.5) is 0 Å². The number of aromatic nitrogens is 1. The summed E-state index contributed by atoms with van der Waals surface area (Å²) in [4.78, 5) is 27.1. The number of nitrogens with zero attached hydrogens (tertiary/aromatic N) is 1. The maximum atomic E-state index is 11.6. The number of methoxy groups -OCH3 is 1. The Morgan fingerprint density at radius 1 is 1.60 bits per heavy atom. The highest BCUT2D eigenvalue weighted by molar-refractivity contribution is 7.11. The number of ether oxygens (including phenoxy) is 1. The maximum Gasteiger partial charge on any atom is 0.328 e. The van der Waals surface area contributed by atoms with Crippen molar-refractivity contribution in [1.29, 1.82) is 0 Å². The average molecular weight is 228 g/mol. The number of esters is 1. The Labute approximate surface area is 91.5 Å². The van der Waals surface area contributed by atoms with Crippen LogP contribution >= 0.6 is 11.3 Å². The highest BCUT2D eigenvalue weighted by Crippen LogP contribution is 2.11. The van der Waals surface area contributed by atoms with Gasteiger partial charge in [-0.05, 0) is 13.8 Å². The van der Waals surface area contributed by atoms with Gasteiger partial charge in [-0.25, -0.2) is 9.78 Å². The van der Waals surface area contributed by atoms with E-state index in [2.05, 4.69) is 15.0 Å². The molecule has 1 aromatic rings. The lowest BCUT2D eigenvalue weighted by molar-refractivity contribution is -0.142. The van der Waals surface area contributed by atoms with Gasteiger partial charge in [-0.1, -0.05) is 0 Å². The predicted molar refractivity (Wildman–Crippen MR) is 55.8 cm³/mol. The van der Waals surface area contributed by atoms with Crippen LogP contribution in [-0.4, -0.2) is 30.0 Å². The molecule has 1 rings (SSSR count). The van der Waals surface area contributed by atoms with E-state index in [-0.39, 0.29) is 5.91 Å². The van der Waals surface area contributed by atoms with Gasteiger partial charge in [-0.2, -0.15) is 0 Å². The van der Waals surface area contributed by atoms with Crippen LogP contribution in [0, 0.1) is 6.92 Å². The third-order valence-electron chi connectivity index (χ3n) is 1.85. The van der Waals surface area contributed by atoms with Crippen molar-refractivity contribution in [3.63, 3.8) is 0 Å². The number of carbonyl (C=O) groups is 2. The lowest BCUT2D eigenvalue weighted by Gasteiger charge is -2.10. The van der Waals surface area contributed by atoms with Gasteiger partial charge in [0.2, 0.25) is 0 Å². The first-order valence-electron chi connectivity index (χ1n) is 4.35. The number of hydrogen-bond donors (Lipinski definition) is 1. The van der Waals surface area contributed by atoms with Crippen LogP contribution in [0.25, 0.3) is 0 Å². The molecule has 6 heteroatoms. The third-order valence-corrected chi connectivity index (χ3v) is 2.78. The maximum absolute atomic E-state index is 11.6. The lowest BCUT2D eigenvalue weighted by atomic mass is 10.3. The lowest BCUT2D eigenvalue weighted by Crippen LogP contribution is -2.39. The van der Waals surface area contributed by atoms with E-state index in [0.29, 0.717) is 10.6 Å². The summed E-state index contributed by atoms with van der Waals surface area (Å²) in [5, 5.41) is 2.53. The molecule has 1 heterocycles. The molecule has 0 saturated carbocycles. The average Bonchev–Trinajstić information content (AvgIpc) is 2.63. The Balaban J connectivity index is 2.64. The van der Waals surface area contributed by atoms with Gasteiger partial charge in [0.1, 0.15) is 10.9 Å². The molecule has 0 aliphatic rings. The second kappa shape index (κ2) is 4.88. The molecule has 82 valence electrons. The third kappa shape index (κ3) is 2.76. The summed E-state index contributed by atoms with van der Waals surface area (Å²) in [6.45, 7) is 3.31. The van der Waals surface area contributed by atoms with Crippen LogP contribution in [0.2, 0.25) is 0 Å². The van der Waals surface area contributed by atoms with E-state index in [0.717, 1.165) is 0 Å². The van der Waals surface area contributed by atoms with Crippen molar-refractivity contribution >= 4 is 23.2 Å². The van der Waals surface area contributed by atoms with Crippen molar-refractivity contribution in [2.24, 2.45) is 0 Å². The Bertz CT molecular complexity index is 375. The van der Waals surface area contributed by atoms with Crippen molar-refractivity contribution in [3.8, 4) is 0 Å². The SMILES string of the molecule is COC(=O)C(C)NC(=O)c1scnc1C. The summed E-state index contributed by atoms with van der Waals surface area (Å²) < 4.78 is 4.49. The molecule has 1 atom stereocenters. The molecular weight excluding hydrogens is 216 g/mol. The van der Waals surface area contributed by atoms with Crippen LogP contribution in [-0.2, 0) is 9.53 Å². The topological polar surface area (TPSA) is 68.3 Å². The molecule has 0 saturated heterocycles. The van der Waals surface area contributed by atoms with Crippen molar-refractivity contribution in [2.75, 3.05) is 7.11 Å². The number of thiazole rings is 1. The predicted octanol–water partition coefficient (Wildman–Crippen LogP) is 0.743. The molecular formula is C9H12N2O3S. The molecule has 0 aromatic carbocycles. The van der Waals surface area contributed by atoms with Crippen molar-refractivity contribution in [3.05, 3.63) is 16.1 Å². The minimum Gasteiger partial charge on any atom is -0.467 e. The molecule has 0 radical (unpaired) electrons. The van der Waals surface area contributed by atoms with E-state index in [9.17, 15) is 9.59 Å². The van der Waals surface area contributed by atoms with Crippen molar-refractivity contribution in [1.82, 2.24) is 10.3 Å². The number of hydrogen-bond acceptors (Lipinski definition) is 5. The molecule has 15 heavy (non-hydrogen) atoms. The van der Waals surface area contributed by atoms with E-state index in [1.54, 1.807) is 19.4 Å². The minimum atomic E-state index is -0.649. The summed E-state index contributed by atoms with van der Waals surface area (Å²) in [7, 11) is 1.28. The van der Waals surface area contributed by atoms with E-state index in [4.69, 9.17) is 0 Å². The molecule has 5 nitrogen and oxygen atoms in total. The van der Waals surface area contributed by atoms with Crippen LogP contribution in [0.3, 0.4) is 0 Å². The largest absolute Gasteiger partial charge is 0.467 e. The van der Waals surface area contributed by atoms with Gasteiger partial charge < -0.3 is 10.1 Å². The van der Waals surface area contributed by atoms with E-state index < -0.39 is 12.0 Å². The van der Waals surface area contributed by atoms with Gasteiger partial charge in [-0.3, -0.25) is 4.79 Å². The smallest absolute Gasteiger partial charge is 0.328 e. The Morgan fingerprint density at radius 3 is 2.73 bits per heavy atom. The van der Waals surface area contributed by atoms with Crippen molar-refractivity contribution in [2.45, 2.75) is 19.9 Å². The Morgan fingerprint density at radius 2 is 2.27 bits per heavy atom. The fourth-order valence-corrected chi connectivity index (χ4v) is 1.72. The first-order chi connectivity index (χ1) is 7.06. The normalized spacial score (nSPS) is 11.9. The van der Waals surface area contributed by atoms with Crippen LogP contribution < -0.4 is 5.32 Å². The van der Waals surface area contributed by atoms with Gasteiger partial charge in [-0.15, -0.1) is 11.3 Å². The zero-order chi connectivity index (χ0) is 11.4. The zero-order valence-electron chi connectivity index (χ0n) is 8.73. The molecule has 0 spiro atoms. The second-order valence-corrected chi connectivity index (χ2v) is 3.84. The van der Waals surface area contributed by atoms with E-state index >= 15 is 0 Å². The molecule has 1 amide bonds. The van der Waals surface area contributed by atoms with Gasteiger partial charge >= 0.3 is 5.97 Å². The number of rotatable bonds is 3. The van der Waals surface area contributed by atoms with Crippen LogP contribution in [0.5, 0.6) is 0 Å². The summed E-state index contributed by atoms with van der Waals surface area (Å²) in [5.41, 5.74) is 2.25. The Kier molecular flexibility index (Phi) is 3.79. The van der Waals surface area contributed by atoms with Gasteiger partial charge in [0.25, 0.3) is 5.91 Å². The van der Waals surface area contributed by atoms with Crippen LogP contribution in [0.1, 0.15) is 22.3 Å². The number of aryl methyl sites for hydroxylation is 1. The fourth-order valence-electron chi connectivity index (χ4n) is 1.02. The Hall–Kier alpha value is -1.43. The summed E-state index contributed by atoms with van der Waals surface area (Å²) >= 11 is 1.24. The molecule has 0 fully saturated rings. The van der Waals surface area contributed by atoms with E-state index in [1.165, 1.54) is 18.4 Å². The molecule has 0 aliphatic heterocycles. The van der Waals surface area contributed by atoms with Gasteiger partial charge in [0.15, 0.2) is 0 Å². The quantitative estimate of drug-likeness (QED) is 0.775. The first kappa shape index (κ1) is 11.6. The summed E-state index contributed by atoms with van der Waals surface area (Å²) in [5.74, 6) is -0.765. The molecule has 1 N–H and O–H groups in total. The van der Waals surface area contributed by atoms with E-state index in [1.807, 2.05) is 0 Å². The second-order valence-electron chi connectivity index (χ2n) is 2.99. The first-order valence-corrected chi connectivity index (χ1v) is 5.23. The molecule has 1 aromatic heterocycles. The molecule has 0 bridgehead atoms. The molecule has 0 aliphatic carbocycles. The standard InChI is InChI=1S/C9H12N2O3S/c1-5-7(15-4-10-5)8(12)11-6(2)9(13)14-3/h4,6H,1-3H3,(H,11,12). The van der Waals surface area contributed by atoms with Crippen molar-refractivity contribution < 1.29 is 14.3 Å². The number of nitrogens with one attached hydrogen (secondary N) is 1. The number of carbonyl (C=O) groups excluding carboxylic acids is 2. The highest BCUT2D eigenvalue weighted by Gasteiger charge is 2.19. The van der Waals surface area contributed by atoms with Crippen LogP contribution in [0.15, 0.2) is 5.51 Å². The fraction of sp³-hybridized carbons (Fsp3) is 0.444. The molecule has 1 unspecified atom stereocenters. The zero-order valence-corrected chi connectivity index (χ0v) is 9.55. The van der Waals surface area contributed by atoms with Gasteiger partial charge in [0.05, 0.1) is 18.3 Å². The highest BCUT2D eigenvalue weighted by atomic mass is 32.1. The number of amides is 1.